The number of aldehydes is 1. The summed E-state index contributed by atoms with van der Waals surface area (Å²) in [5, 5.41) is 11.5. The maximum atomic E-state index is 11.8. The van der Waals surface area contributed by atoms with Crippen molar-refractivity contribution in [3.8, 4) is 0 Å². The van der Waals surface area contributed by atoms with Crippen LogP contribution in [0.4, 0.5) is 0 Å². The Hall–Kier alpha value is -0.410. The van der Waals surface area contributed by atoms with Crippen LogP contribution in [0.3, 0.4) is 0 Å². The van der Waals surface area contributed by atoms with E-state index in [2.05, 4.69) is 34.6 Å². The third-order valence-corrected chi connectivity index (χ3v) is 12.0. The zero-order valence-electron chi connectivity index (χ0n) is 20.0. The summed E-state index contributed by atoms with van der Waals surface area (Å²) < 4.78 is 6.35. The number of ether oxygens (including phenoxy) is 1. The van der Waals surface area contributed by atoms with Crippen LogP contribution in [0.25, 0.3) is 0 Å². The average Bonchev–Trinajstić information content (AvgIpc) is 3.05. The van der Waals surface area contributed by atoms with E-state index >= 15 is 0 Å². The molecule has 9 unspecified atom stereocenters. The SMILES string of the molecule is CCCC12CC13CCC1(C)C(C4(C)CCCO4)C(O)C[C@@]1(C)C3CCC2C(C)C=O. The normalized spacial score (nSPS) is 57.9. The number of aliphatic hydroxyl groups is 1. The highest BCUT2D eigenvalue weighted by molar-refractivity contribution is 5.54. The minimum absolute atomic E-state index is 0.144. The van der Waals surface area contributed by atoms with Gasteiger partial charge in [-0.25, -0.2) is 0 Å². The molecule has 0 aromatic carbocycles. The smallest absolute Gasteiger partial charge is 0.123 e. The van der Waals surface area contributed by atoms with Crippen LogP contribution < -0.4 is 0 Å². The molecule has 0 amide bonds. The van der Waals surface area contributed by atoms with Crippen molar-refractivity contribution in [2.24, 2.45) is 45.3 Å². The fourth-order valence-electron chi connectivity index (χ4n) is 10.8. The average molecular weight is 417 g/mol. The van der Waals surface area contributed by atoms with Crippen molar-refractivity contribution in [2.45, 2.75) is 111 Å². The largest absolute Gasteiger partial charge is 0.393 e. The first-order valence-electron chi connectivity index (χ1n) is 12.9. The van der Waals surface area contributed by atoms with E-state index in [9.17, 15) is 9.90 Å². The van der Waals surface area contributed by atoms with Gasteiger partial charge in [0.05, 0.1) is 11.7 Å². The Morgan fingerprint density at radius 2 is 1.90 bits per heavy atom. The second-order valence-electron chi connectivity index (χ2n) is 12.8. The molecule has 0 radical (unpaired) electrons. The van der Waals surface area contributed by atoms with E-state index in [0.29, 0.717) is 22.7 Å². The van der Waals surface area contributed by atoms with Gasteiger partial charge in [0, 0.05) is 18.4 Å². The lowest BCUT2D eigenvalue weighted by atomic mass is 9.43. The van der Waals surface area contributed by atoms with Gasteiger partial charge in [-0.2, -0.15) is 0 Å². The van der Waals surface area contributed by atoms with Gasteiger partial charge in [0.2, 0.25) is 0 Å². The van der Waals surface area contributed by atoms with Crippen molar-refractivity contribution in [3.63, 3.8) is 0 Å². The van der Waals surface area contributed by atoms with Crippen LogP contribution in [0.1, 0.15) is 98.8 Å². The van der Waals surface area contributed by atoms with E-state index < -0.39 is 0 Å². The maximum absolute atomic E-state index is 11.8. The number of rotatable bonds is 5. The Morgan fingerprint density at radius 3 is 2.53 bits per heavy atom. The summed E-state index contributed by atoms with van der Waals surface area (Å²) >= 11 is 0. The third kappa shape index (κ3) is 2.33. The zero-order valence-corrected chi connectivity index (χ0v) is 20.0. The number of aliphatic hydroxyl groups excluding tert-OH is 1. The van der Waals surface area contributed by atoms with Crippen LogP contribution in [0.15, 0.2) is 0 Å². The summed E-state index contributed by atoms with van der Waals surface area (Å²) in [7, 11) is 0. The number of carbonyl (C=O) groups is 1. The summed E-state index contributed by atoms with van der Waals surface area (Å²) in [4.78, 5) is 11.8. The van der Waals surface area contributed by atoms with Crippen LogP contribution in [0, 0.1) is 45.3 Å². The van der Waals surface area contributed by atoms with Gasteiger partial charge in [0.25, 0.3) is 0 Å². The van der Waals surface area contributed by atoms with Crippen LogP contribution in [-0.4, -0.2) is 29.7 Å². The van der Waals surface area contributed by atoms with Gasteiger partial charge in [-0.1, -0.05) is 34.1 Å². The Morgan fingerprint density at radius 1 is 1.13 bits per heavy atom. The topological polar surface area (TPSA) is 46.5 Å². The highest BCUT2D eigenvalue weighted by Crippen LogP contribution is 2.87. The quantitative estimate of drug-likeness (QED) is 0.578. The summed E-state index contributed by atoms with van der Waals surface area (Å²) in [5.41, 5.74) is 0.958. The van der Waals surface area contributed by atoms with Gasteiger partial charge in [-0.15, -0.1) is 0 Å². The fraction of sp³-hybridized carbons (Fsp3) is 0.963. The zero-order chi connectivity index (χ0) is 21.6. The molecule has 1 spiro atoms. The molecule has 0 bridgehead atoms. The van der Waals surface area contributed by atoms with E-state index in [1.165, 1.54) is 51.2 Å². The standard InChI is InChI=1S/C27H44O3/c1-6-10-26-17-27(26)13-12-23(3)22(25(5)11-7-14-30-25)20(29)15-24(23,4)21(27)9-8-19(26)18(2)16-28/h16,18-22,29H,6-15,17H2,1-5H3/t18?,19?,20?,21?,22?,23?,24-,25?,26?,27?/m0/s1. The maximum Gasteiger partial charge on any atom is 0.123 e. The summed E-state index contributed by atoms with van der Waals surface area (Å²) in [6.07, 6.45) is 13.0. The first-order valence-corrected chi connectivity index (χ1v) is 12.9. The van der Waals surface area contributed by atoms with Gasteiger partial charge in [0.15, 0.2) is 0 Å². The van der Waals surface area contributed by atoms with E-state index in [4.69, 9.17) is 4.74 Å². The van der Waals surface area contributed by atoms with Crippen LogP contribution in [-0.2, 0) is 9.53 Å². The Bertz CT molecular complexity index is 713. The molecule has 1 aliphatic heterocycles. The molecule has 170 valence electrons. The van der Waals surface area contributed by atoms with Gasteiger partial charge in [-0.3, -0.25) is 0 Å². The second kappa shape index (κ2) is 6.56. The molecule has 5 aliphatic rings. The van der Waals surface area contributed by atoms with Crippen LogP contribution in [0.5, 0.6) is 0 Å². The van der Waals surface area contributed by atoms with E-state index in [1.54, 1.807) is 0 Å². The lowest BCUT2D eigenvalue weighted by Gasteiger charge is -2.61. The Kier molecular flexibility index (Phi) is 4.69. The number of hydrogen-bond donors (Lipinski definition) is 1. The molecule has 3 nitrogen and oxygen atoms in total. The highest BCUT2D eigenvalue weighted by Gasteiger charge is 2.81. The van der Waals surface area contributed by atoms with Crippen molar-refractivity contribution in [3.05, 3.63) is 0 Å². The Labute approximate surface area is 183 Å². The summed E-state index contributed by atoms with van der Waals surface area (Å²) in [5.74, 6) is 1.69. The second-order valence-corrected chi connectivity index (χ2v) is 12.8. The fourth-order valence-corrected chi connectivity index (χ4v) is 10.8. The van der Waals surface area contributed by atoms with Crippen molar-refractivity contribution >= 4 is 6.29 Å². The minimum atomic E-state index is -0.246. The lowest BCUT2D eigenvalue weighted by molar-refractivity contribution is -0.162. The molecule has 1 heterocycles. The predicted molar refractivity (Wildman–Crippen MR) is 119 cm³/mol. The van der Waals surface area contributed by atoms with Crippen molar-refractivity contribution in [2.75, 3.05) is 6.61 Å². The third-order valence-electron chi connectivity index (χ3n) is 12.0. The van der Waals surface area contributed by atoms with E-state index in [0.717, 1.165) is 25.9 Å². The van der Waals surface area contributed by atoms with Gasteiger partial charge in [-0.05, 0) is 98.2 Å². The molecule has 10 atom stereocenters. The van der Waals surface area contributed by atoms with E-state index in [-0.39, 0.29) is 34.4 Å². The number of hydrogen-bond acceptors (Lipinski definition) is 3. The van der Waals surface area contributed by atoms with E-state index in [1.807, 2.05) is 0 Å². The minimum Gasteiger partial charge on any atom is -0.393 e. The molecule has 5 rings (SSSR count). The molecule has 4 saturated carbocycles. The van der Waals surface area contributed by atoms with Crippen LogP contribution in [0.2, 0.25) is 0 Å². The molecule has 0 aromatic rings. The van der Waals surface area contributed by atoms with Gasteiger partial charge >= 0.3 is 0 Å². The highest BCUT2D eigenvalue weighted by atomic mass is 16.5. The van der Waals surface area contributed by atoms with Crippen molar-refractivity contribution < 1.29 is 14.6 Å². The number of carbonyl (C=O) groups excluding carboxylic acids is 1. The van der Waals surface area contributed by atoms with Gasteiger partial charge in [0.1, 0.15) is 6.29 Å². The molecule has 5 fully saturated rings. The first-order chi connectivity index (χ1) is 14.1. The predicted octanol–water partition coefficient (Wildman–Crippen LogP) is 5.78. The molecule has 1 saturated heterocycles. The van der Waals surface area contributed by atoms with Gasteiger partial charge < -0.3 is 14.6 Å². The Balaban J connectivity index is 1.53. The molecular weight excluding hydrogens is 372 g/mol. The number of fused-ring (bicyclic) bond motifs is 2. The lowest BCUT2D eigenvalue weighted by Crippen LogP contribution is -2.57. The van der Waals surface area contributed by atoms with Crippen molar-refractivity contribution in [1.29, 1.82) is 0 Å². The monoisotopic (exact) mass is 416 g/mol. The molecule has 30 heavy (non-hydrogen) atoms. The first kappa shape index (κ1) is 21.4. The molecule has 4 aliphatic carbocycles. The van der Waals surface area contributed by atoms with Crippen LogP contribution >= 0.6 is 0 Å². The molecule has 0 aromatic heterocycles. The molecular formula is C27H44O3. The summed E-state index contributed by atoms with van der Waals surface area (Å²) in [6, 6.07) is 0. The summed E-state index contributed by atoms with van der Waals surface area (Å²) in [6.45, 7) is 12.7. The molecule has 3 heteroatoms. The van der Waals surface area contributed by atoms with Crippen molar-refractivity contribution in [1.82, 2.24) is 0 Å². The molecule has 1 N–H and O–H groups in total.